The Balaban J connectivity index is 2.34. The lowest BCUT2D eigenvalue weighted by atomic mass is 9.94. The molecule has 5 nitrogen and oxygen atoms in total. The first kappa shape index (κ1) is 17.2. The van der Waals surface area contributed by atoms with Crippen LogP contribution in [0.2, 0.25) is 5.02 Å². The van der Waals surface area contributed by atoms with Gasteiger partial charge in [-0.25, -0.2) is 0 Å². The van der Waals surface area contributed by atoms with Crippen LogP contribution in [0.15, 0.2) is 18.2 Å². The minimum atomic E-state index is -0.295. The van der Waals surface area contributed by atoms with Crippen LogP contribution in [-0.4, -0.2) is 36.0 Å². The van der Waals surface area contributed by atoms with Gasteiger partial charge in [-0.1, -0.05) is 25.4 Å². The van der Waals surface area contributed by atoms with Crippen molar-refractivity contribution in [2.24, 2.45) is 5.92 Å². The Morgan fingerprint density at radius 3 is 2.59 bits per heavy atom. The van der Waals surface area contributed by atoms with Gasteiger partial charge in [-0.05, 0) is 30.9 Å². The summed E-state index contributed by atoms with van der Waals surface area (Å²) >= 11 is 6.11. The highest BCUT2D eigenvalue weighted by Gasteiger charge is 2.28. The fraction of sp³-hybridized carbons (Fsp3) is 0.625. The van der Waals surface area contributed by atoms with Gasteiger partial charge in [0.15, 0.2) is 0 Å². The Morgan fingerprint density at radius 2 is 2.00 bits per heavy atom. The van der Waals surface area contributed by atoms with E-state index < -0.39 is 0 Å². The summed E-state index contributed by atoms with van der Waals surface area (Å²) in [5, 5.41) is 15.3. The Morgan fingerprint density at radius 1 is 1.32 bits per heavy atom. The zero-order chi connectivity index (χ0) is 16.1. The molecular formula is C16H24ClN3O2. The number of hydrogen-bond acceptors (Lipinski definition) is 4. The molecule has 0 bridgehead atoms. The van der Waals surface area contributed by atoms with Crippen molar-refractivity contribution in [1.29, 1.82) is 0 Å². The van der Waals surface area contributed by atoms with Crippen LogP contribution in [0.25, 0.3) is 0 Å². The van der Waals surface area contributed by atoms with Crippen molar-refractivity contribution in [1.82, 2.24) is 10.2 Å². The van der Waals surface area contributed by atoms with E-state index >= 15 is 0 Å². The molecule has 1 aliphatic heterocycles. The first-order valence-corrected chi connectivity index (χ1v) is 8.25. The number of benzene rings is 1. The Labute approximate surface area is 136 Å². The topological polar surface area (TPSA) is 58.4 Å². The van der Waals surface area contributed by atoms with E-state index in [9.17, 15) is 10.1 Å². The quantitative estimate of drug-likeness (QED) is 0.641. The van der Waals surface area contributed by atoms with Gasteiger partial charge in [-0.2, -0.15) is 0 Å². The summed E-state index contributed by atoms with van der Waals surface area (Å²) < 4.78 is 0. The van der Waals surface area contributed by atoms with E-state index in [0.717, 1.165) is 44.6 Å². The highest BCUT2D eigenvalue weighted by Crippen LogP contribution is 2.35. The third-order valence-electron chi connectivity index (χ3n) is 4.16. The Bertz CT molecular complexity index is 516. The second-order valence-corrected chi connectivity index (χ2v) is 6.67. The monoisotopic (exact) mass is 325 g/mol. The minimum absolute atomic E-state index is 0.0589. The summed E-state index contributed by atoms with van der Waals surface area (Å²) in [5.41, 5.74) is 0.928. The van der Waals surface area contributed by atoms with Gasteiger partial charge < -0.3 is 5.32 Å². The number of nitrogens with one attached hydrogen (secondary N) is 1. The van der Waals surface area contributed by atoms with Crippen molar-refractivity contribution in [2.45, 2.75) is 32.7 Å². The van der Waals surface area contributed by atoms with E-state index in [1.165, 1.54) is 6.07 Å². The lowest BCUT2D eigenvalue weighted by Crippen LogP contribution is -2.45. The molecule has 1 heterocycles. The van der Waals surface area contributed by atoms with Crippen molar-refractivity contribution in [2.75, 3.05) is 26.2 Å². The molecule has 6 heteroatoms. The highest BCUT2D eigenvalue weighted by molar-refractivity contribution is 6.30. The Kier molecular flexibility index (Phi) is 6.17. The maximum absolute atomic E-state index is 11.4. The molecule has 1 aromatic carbocycles. The van der Waals surface area contributed by atoms with E-state index in [1.807, 2.05) is 0 Å². The molecular weight excluding hydrogens is 302 g/mol. The standard InChI is InChI=1S/C16H24ClN3O2/c1-12(2)3-5-15(19-9-7-18-8-10-19)14-11-13(17)4-6-16(14)20(21)22/h4,6,11-12,15,18H,3,5,7-10H2,1-2H3/t15-/m0/s1. The van der Waals surface area contributed by atoms with E-state index in [0.29, 0.717) is 10.9 Å². The summed E-state index contributed by atoms with van der Waals surface area (Å²) in [4.78, 5) is 13.4. The lowest BCUT2D eigenvalue weighted by Gasteiger charge is -2.35. The molecule has 1 aliphatic rings. The van der Waals surface area contributed by atoms with Crippen molar-refractivity contribution in [3.05, 3.63) is 38.9 Å². The summed E-state index contributed by atoms with van der Waals surface area (Å²) in [6.45, 7) is 8.03. The van der Waals surface area contributed by atoms with Crippen LogP contribution in [0.3, 0.4) is 0 Å². The smallest absolute Gasteiger partial charge is 0.274 e. The predicted octanol–water partition coefficient (Wildman–Crippen LogP) is 3.63. The maximum Gasteiger partial charge on any atom is 0.274 e. The van der Waals surface area contributed by atoms with Gasteiger partial charge in [-0.15, -0.1) is 0 Å². The van der Waals surface area contributed by atoms with Crippen molar-refractivity contribution in [3.63, 3.8) is 0 Å². The van der Waals surface area contributed by atoms with Crippen LogP contribution >= 0.6 is 11.6 Å². The molecule has 0 unspecified atom stereocenters. The van der Waals surface area contributed by atoms with E-state index in [4.69, 9.17) is 11.6 Å². The van der Waals surface area contributed by atoms with Crippen LogP contribution in [0.5, 0.6) is 0 Å². The molecule has 2 rings (SSSR count). The summed E-state index contributed by atoms with van der Waals surface area (Å²) in [5.74, 6) is 0.573. The molecule has 1 atom stereocenters. The van der Waals surface area contributed by atoms with Crippen LogP contribution in [0.4, 0.5) is 5.69 Å². The molecule has 1 N–H and O–H groups in total. The Hall–Kier alpha value is -1.17. The number of piperazine rings is 1. The van der Waals surface area contributed by atoms with Crippen molar-refractivity contribution < 1.29 is 4.92 Å². The lowest BCUT2D eigenvalue weighted by molar-refractivity contribution is -0.386. The normalized spacial score (nSPS) is 17.6. The van der Waals surface area contributed by atoms with Gasteiger partial charge in [0, 0.05) is 48.9 Å². The molecule has 1 aromatic rings. The molecule has 0 saturated carbocycles. The molecule has 22 heavy (non-hydrogen) atoms. The van der Waals surface area contributed by atoms with Crippen LogP contribution in [0, 0.1) is 16.0 Å². The summed E-state index contributed by atoms with van der Waals surface area (Å²) in [6, 6.07) is 4.96. The average Bonchev–Trinajstić information content (AvgIpc) is 2.48. The van der Waals surface area contributed by atoms with Crippen LogP contribution < -0.4 is 5.32 Å². The van der Waals surface area contributed by atoms with Crippen LogP contribution in [0.1, 0.15) is 38.3 Å². The van der Waals surface area contributed by atoms with Crippen LogP contribution in [-0.2, 0) is 0 Å². The molecule has 1 saturated heterocycles. The molecule has 0 aliphatic carbocycles. The van der Waals surface area contributed by atoms with E-state index in [2.05, 4.69) is 24.1 Å². The highest BCUT2D eigenvalue weighted by atomic mass is 35.5. The number of rotatable bonds is 6. The largest absolute Gasteiger partial charge is 0.314 e. The third-order valence-corrected chi connectivity index (χ3v) is 4.39. The first-order chi connectivity index (χ1) is 10.5. The third kappa shape index (κ3) is 4.41. The van der Waals surface area contributed by atoms with Gasteiger partial charge in [-0.3, -0.25) is 15.0 Å². The van der Waals surface area contributed by atoms with Crippen molar-refractivity contribution in [3.8, 4) is 0 Å². The van der Waals surface area contributed by atoms with Gasteiger partial charge in [0.2, 0.25) is 0 Å². The van der Waals surface area contributed by atoms with E-state index in [-0.39, 0.29) is 16.7 Å². The second kappa shape index (κ2) is 7.90. The minimum Gasteiger partial charge on any atom is -0.314 e. The SMILES string of the molecule is CC(C)CC[C@@H](c1cc(Cl)ccc1[N+](=O)[O-])N1CCNCC1. The van der Waals surface area contributed by atoms with Crippen molar-refractivity contribution >= 4 is 17.3 Å². The number of halogens is 1. The predicted molar refractivity (Wildman–Crippen MR) is 89.4 cm³/mol. The summed E-state index contributed by atoms with van der Waals surface area (Å²) in [6.07, 6.45) is 1.96. The molecule has 0 radical (unpaired) electrons. The fourth-order valence-electron chi connectivity index (χ4n) is 2.98. The van der Waals surface area contributed by atoms with Gasteiger partial charge in [0.25, 0.3) is 5.69 Å². The first-order valence-electron chi connectivity index (χ1n) is 7.87. The van der Waals surface area contributed by atoms with Gasteiger partial charge in [0.1, 0.15) is 0 Å². The maximum atomic E-state index is 11.4. The van der Waals surface area contributed by atoms with E-state index in [1.54, 1.807) is 12.1 Å². The molecule has 0 aromatic heterocycles. The zero-order valence-electron chi connectivity index (χ0n) is 13.2. The molecule has 122 valence electrons. The fourth-order valence-corrected chi connectivity index (χ4v) is 3.16. The number of nitro benzene ring substituents is 1. The molecule has 1 fully saturated rings. The second-order valence-electron chi connectivity index (χ2n) is 6.23. The average molecular weight is 326 g/mol. The zero-order valence-corrected chi connectivity index (χ0v) is 14.0. The number of nitro groups is 1. The number of nitrogens with zero attached hydrogens (tertiary/aromatic N) is 2. The molecule has 0 amide bonds. The number of hydrogen-bond donors (Lipinski definition) is 1. The van der Waals surface area contributed by atoms with Gasteiger partial charge in [0.05, 0.1) is 4.92 Å². The molecule has 0 spiro atoms. The summed E-state index contributed by atoms with van der Waals surface area (Å²) in [7, 11) is 0. The van der Waals surface area contributed by atoms with Gasteiger partial charge >= 0.3 is 0 Å².